The zero-order chi connectivity index (χ0) is 15.8. The fourth-order valence-corrected chi connectivity index (χ4v) is 3.20. The zero-order valence-electron chi connectivity index (χ0n) is 14.3. The van der Waals surface area contributed by atoms with E-state index in [1.54, 1.807) is 11.3 Å². The van der Waals surface area contributed by atoms with Gasteiger partial charge in [0.05, 0.1) is 23.4 Å². The third kappa shape index (κ3) is 7.34. The van der Waals surface area contributed by atoms with Crippen molar-refractivity contribution in [2.75, 3.05) is 26.2 Å². The molecule has 1 saturated heterocycles. The first-order valence-electron chi connectivity index (χ1n) is 8.27. The molecule has 0 saturated carbocycles. The zero-order valence-corrected chi connectivity index (χ0v) is 17.4. The Hall–Kier alpha value is -0.410. The monoisotopic (exact) mass is 452 g/mol. The van der Waals surface area contributed by atoms with Crippen LogP contribution in [0.4, 0.5) is 0 Å². The Morgan fingerprint density at radius 3 is 2.91 bits per heavy atom. The second-order valence-electron chi connectivity index (χ2n) is 5.86. The summed E-state index contributed by atoms with van der Waals surface area (Å²) in [4.78, 5) is 9.27. The normalized spacial score (nSPS) is 18.1. The van der Waals surface area contributed by atoms with Crippen LogP contribution in [0.5, 0.6) is 0 Å². The average Bonchev–Trinajstić information content (AvgIpc) is 3.16. The Balaban J connectivity index is 0.00000264. The number of rotatable bonds is 7. The van der Waals surface area contributed by atoms with Crippen LogP contribution in [0.1, 0.15) is 50.2 Å². The molecule has 0 radical (unpaired) electrons. The molecule has 0 aliphatic carbocycles. The molecule has 1 aliphatic rings. The van der Waals surface area contributed by atoms with Crippen molar-refractivity contribution in [2.24, 2.45) is 4.99 Å². The number of hydrogen-bond acceptors (Lipinski definition) is 4. The summed E-state index contributed by atoms with van der Waals surface area (Å²) in [6.45, 7) is 9.78. The summed E-state index contributed by atoms with van der Waals surface area (Å²) in [5.41, 5.74) is 1.16. The second kappa shape index (κ2) is 11.2. The van der Waals surface area contributed by atoms with E-state index >= 15 is 0 Å². The first kappa shape index (κ1) is 20.6. The lowest BCUT2D eigenvalue weighted by molar-refractivity contribution is 0.117. The van der Waals surface area contributed by atoms with E-state index in [1.807, 2.05) is 0 Å². The number of aromatic nitrogens is 1. The molecule has 5 nitrogen and oxygen atoms in total. The standard InChI is InChI=1S/C16H28N4OS.HI/c1-4-17-16(19-10-14-6-5-9-21-14)18-8-7-13-11-22-15(20-13)12(2)3;/h11-12,14H,4-10H2,1-3H3,(H2,17,18,19);1H. The fourth-order valence-electron chi connectivity index (χ4n) is 2.33. The van der Waals surface area contributed by atoms with Crippen molar-refractivity contribution in [3.63, 3.8) is 0 Å². The molecule has 1 aromatic rings. The number of nitrogens with one attached hydrogen (secondary N) is 2. The van der Waals surface area contributed by atoms with Gasteiger partial charge in [0.2, 0.25) is 0 Å². The van der Waals surface area contributed by atoms with Gasteiger partial charge in [-0.05, 0) is 19.8 Å². The van der Waals surface area contributed by atoms with Gasteiger partial charge >= 0.3 is 0 Å². The smallest absolute Gasteiger partial charge is 0.191 e. The van der Waals surface area contributed by atoms with E-state index in [0.717, 1.165) is 57.2 Å². The molecule has 0 aromatic carbocycles. The minimum Gasteiger partial charge on any atom is -0.376 e. The minimum absolute atomic E-state index is 0. The molecule has 2 N–H and O–H groups in total. The van der Waals surface area contributed by atoms with Crippen LogP contribution in [0.3, 0.4) is 0 Å². The molecule has 23 heavy (non-hydrogen) atoms. The van der Waals surface area contributed by atoms with E-state index in [-0.39, 0.29) is 24.0 Å². The minimum atomic E-state index is 0. The van der Waals surface area contributed by atoms with Crippen molar-refractivity contribution in [3.05, 3.63) is 16.1 Å². The van der Waals surface area contributed by atoms with E-state index < -0.39 is 0 Å². The van der Waals surface area contributed by atoms with E-state index in [4.69, 9.17) is 4.74 Å². The summed E-state index contributed by atoms with van der Waals surface area (Å²) in [5.74, 6) is 1.38. The van der Waals surface area contributed by atoms with Gasteiger partial charge in [-0.1, -0.05) is 13.8 Å². The van der Waals surface area contributed by atoms with E-state index in [2.05, 4.69) is 46.8 Å². The van der Waals surface area contributed by atoms with Gasteiger partial charge in [-0.3, -0.25) is 4.99 Å². The van der Waals surface area contributed by atoms with Crippen LogP contribution in [-0.2, 0) is 11.2 Å². The Morgan fingerprint density at radius 1 is 1.48 bits per heavy atom. The molecule has 1 aromatic heterocycles. The quantitative estimate of drug-likeness (QED) is 0.379. The molecule has 1 aliphatic heterocycles. The van der Waals surface area contributed by atoms with Gasteiger partial charge in [-0.15, -0.1) is 35.3 Å². The first-order chi connectivity index (χ1) is 10.7. The molecule has 0 spiro atoms. The van der Waals surface area contributed by atoms with Crippen molar-refractivity contribution in [2.45, 2.75) is 52.1 Å². The third-order valence-electron chi connectivity index (χ3n) is 3.56. The molecule has 1 unspecified atom stereocenters. The molecule has 2 heterocycles. The van der Waals surface area contributed by atoms with E-state index in [9.17, 15) is 0 Å². The maximum absolute atomic E-state index is 5.61. The first-order valence-corrected chi connectivity index (χ1v) is 9.15. The number of guanidine groups is 1. The van der Waals surface area contributed by atoms with Crippen molar-refractivity contribution in [1.29, 1.82) is 0 Å². The van der Waals surface area contributed by atoms with Crippen LogP contribution < -0.4 is 10.6 Å². The van der Waals surface area contributed by atoms with Crippen LogP contribution in [0.25, 0.3) is 0 Å². The topological polar surface area (TPSA) is 58.5 Å². The lowest BCUT2D eigenvalue weighted by Crippen LogP contribution is -2.39. The highest BCUT2D eigenvalue weighted by Gasteiger charge is 2.14. The van der Waals surface area contributed by atoms with Crippen LogP contribution in [-0.4, -0.2) is 43.3 Å². The molecule has 132 valence electrons. The van der Waals surface area contributed by atoms with Crippen molar-refractivity contribution in [1.82, 2.24) is 15.6 Å². The molecule has 1 atom stereocenters. The highest BCUT2D eigenvalue weighted by Crippen LogP contribution is 2.19. The largest absolute Gasteiger partial charge is 0.376 e. The van der Waals surface area contributed by atoms with Crippen LogP contribution in [0, 0.1) is 0 Å². The Morgan fingerprint density at radius 2 is 2.30 bits per heavy atom. The molecular formula is C16H29IN4OS. The Bertz CT molecular complexity index is 472. The number of aliphatic imine (C=N–C) groups is 1. The number of halogens is 1. The van der Waals surface area contributed by atoms with Crippen molar-refractivity contribution >= 4 is 41.3 Å². The summed E-state index contributed by atoms with van der Waals surface area (Å²) in [6, 6.07) is 0. The van der Waals surface area contributed by atoms with Crippen LogP contribution in [0.2, 0.25) is 0 Å². The van der Waals surface area contributed by atoms with E-state index in [1.165, 1.54) is 5.01 Å². The van der Waals surface area contributed by atoms with E-state index in [0.29, 0.717) is 12.0 Å². The van der Waals surface area contributed by atoms with Crippen molar-refractivity contribution in [3.8, 4) is 0 Å². The average molecular weight is 452 g/mol. The molecule has 0 bridgehead atoms. The summed E-state index contributed by atoms with van der Waals surface area (Å²) >= 11 is 1.75. The Kier molecular flexibility index (Phi) is 10.0. The van der Waals surface area contributed by atoms with Gasteiger partial charge in [-0.2, -0.15) is 0 Å². The number of nitrogens with zero attached hydrogens (tertiary/aromatic N) is 2. The van der Waals surface area contributed by atoms with Gasteiger partial charge in [0, 0.05) is 37.4 Å². The summed E-state index contributed by atoms with van der Waals surface area (Å²) in [5, 5.41) is 10.0. The predicted molar refractivity (Wildman–Crippen MR) is 108 cm³/mol. The Labute approximate surface area is 160 Å². The number of thiazole rings is 1. The molecular weight excluding hydrogens is 423 g/mol. The van der Waals surface area contributed by atoms with Crippen LogP contribution in [0.15, 0.2) is 10.4 Å². The van der Waals surface area contributed by atoms with Gasteiger partial charge in [-0.25, -0.2) is 4.98 Å². The fraction of sp³-hybridized carbons (Fsp3) is 0.750. The summed E-state index contributed by atoms with van der Waals surface area (Å²) < 4.78 is 5.61. The highest BCUT2D eigenvalue weighted by molar-refractivity contribution is 14.0. The number of ether oxygens (including phenoxy) is 1. The van der Waals surface area contributed by atoms with Crippen LogP contribution >= 0.6 is 35.3 Å². The van der Waals surface area contributed by atoms with Gasteiger partial charge < -0.3 is 15.4 Å². The second-order valence-corrected chi connectivity index (χ2v) is 6.75. The van der Waals surface area contributed by atoms with Crippen molar-refractivity contribution < 1.29 is 4.74 Å². The lowest BCUT2D eigenvalue weighted by atomic mass is 10.2. The third-order valence-corrected chi connectivity index (χ3v) is 4.75. The summed E-state index contributed by atoms with van der Waals surface area (Å²) in [6.07, 6.45) is 3.50. The molecule has 0 amide bonds. The maximum atomic E-state index is 5.61. The lowest BCUT2D eigenvalue weighted by Gasteiger charge is -2.12. The van der Waals surface area contributed by atoms with Gasteiger partial charge in [0.15, 0.2) is 5.96 Å². The SMILES string of the molecule is CCNC(=NCC1CCCO1)NCCc1csc(C(C)C)n1.I. The molecule has 1 fully saturated rings. The van der Waals surface area contributed by atoms with Gasteiger partial charge in [0.1, 0.15) is 0 Å². The highest BCUT2D eigenvalue weighted by atomic mass is 127. The number of hydrogen-bond donors (Lipinski definition) is 2. The van der Waals surface area contributed by atoms with Gasteiger partial charge in [0.25, 0.3) is 0 Å². The summed E-state index contributed by atoms with van der Waals surface area (Å²) in [7, 11) is 0. The molecule has 7 heteroatoms. The maximum Gasteiger partial charge on any atom is 0.191 e. The molecule has 2 rings (SSSR count). The predicted octanol–water partition coefficient (Wildman–Crippen LogP) is 3.16.